The number of carbonyl (C=O) groups is 3. The number of benzene rings is 1. The minimum atomic E-state index is -0.825. The molecule has 2 fully saturated rings. The molecule has 1 aromatic heterocycles. The van der Waals surface area contributed by atoms with Crippen molar-refractivity contribution in [3.63, 3.8) is 0 Å². The topological polar surface area (TPSA) is 110 Å². The molecule has 2 aliphatic rings. The van der Waals surface area contributed by atoms with E-state index in [1.165, 1.54) is 31.7 Å². The third-order valence-electron chi connectivity index (χ3n) is 5.28. The molecule has 0 radical (unpaired) electrons. The zero-order valence-corrected chi connectivity index (χ0v) is 16.4. The third kappa shape index (κ3) is 3.66. The van der Waals surface area contributed by atoms with E-state index >= 15 is 0 Å². The highest BCUT2D eigenvalue weighted by Crippen LogP contribution is 2.34. The smallest absolute Gasteiger partial charge is 0.379 e. The first-order chi connectivity index (χ1) is 14.5. The summed E-state index contributed by atoms with van der Waals surface area (Å²) in [6.45, 7) is 0. The van der Waals surface area contributed by atoms with Crippen LogP contribution in [0.15, 0.2) is 46.1 Å². The molecule has 1 N–H and O–H groups in total. The number of hydrazone groups is 1. The number of imide groups is 1. The van der Waals surface area contributed by atoms with Gasteiger partial charge >= 0.3 is 12.0 Å². The van der Waals surface area contributed by atoms with E-state index < -0.39 is 17.5 Å². The molecule has 1 aliphatic carbocycles. The summed E-state index contributed by atoms with van der Waals surface area (Å²) in [5, 5.41) is 7.76. The first-order valence-electron chi connectivity index (χ1n) is 9.67. The number of esters is 1. The molecule has 1 aromatic carbocycles. The highest BCUT2D eigenvalue weighted by atomic mass is 16.6. The Balaban J connectivity index is 1.49. The molecule has 9 heteroatoms. The quantitative estimate of drug-likeness (QED) is 0.350. The minimum absolute atomic E-state index is 0.0675. The average molecular weight is 411 g/mol. The number of urea groups is 1. The van der Waals surface area contributed by atoms with Crippen molar-refractivity contribution in [2.75, 3.05) is 7.11 Å². The van der Waals surface area contributed by atoms with Gasteiger partial charge in [0.15, 0.2) is 11.5 Å². The molecule has 156 valence electrons. The van der Waals surface area contributed by atoms with Crippen LogP contribution in [0.3, 0.4) is 0 Å². The number of ether oxygens (including phenoxy) is 2. The highest BCUT2D eigenvalue weighted by molar-refractivity contribution is 6.07. The molecule has 0 unspecified atom stereocenters. The van der Waals surface area contributed by atoms with Crippen LogP contribution in [0.5, 0.6) is 11.5 Å². The van der Waals surface area contributed by atoms with Crippen LogP contribution in [0.1, 0.15) is 48.2 Å². The fourth-order valence-electron chi connectivity index (χ4n) is 3.72. The minimum Gasteiger partial charge on any atom is -0.493 e. The van der Waals surface area contributed by atoms with Crippen LogP contribution in [0.25, 0.3) is 0 Å². The summed E-state index contributed by atoms with van der Waals surface area (Å²) in [5.74, 6) is -0.416. The summed E-state index contributed by atoms with van der Waals surface area (Å²) < 4.78 is 15.6. The van der Waals surface area contributed by atoms with Crippen LogP contribution in [-0.4, -0.2) is 41.8 Å². The van der Waals surface area contributed by atoms with E-state index in [1.807, 2.05) is 0 Å². The van der Waals surface area contributed by atoms with Gasteiger partial charge < -0.3 is 19.2 Å². The maximum Gasteiger partial charge on any atom is 0.379 e. The Morgan fingerprint density at radius 1 is 1.20 bits per heavy atom. The number of methoxy groups -OCH3 is 1. The Morgan fingerprint density at radius 3 is 2.70 bits per heavy atom. The number of rotatable bonds is 5. The molecule has 1 saturated carbocycles. The van der Waals surface area contributed by atoms with Gasteiger partial charge in [-0.15, -0.1) is 5.01 Å². The highest BCUT2D eigenvalue weighted by Gasteiger charge is 2.51. The van der Waals surface area contributed by atoms with Gasteiger partial charge in [-0.3, -0.25) is 4.79 Å². The molecule has 1 aliphatic heterocycles. The first-order valence-corrected chi connectivity index (χ1v) is 9.67. The van der Waals surface area contributed by atoms with Gasteiger partial charge in [0.05, 0.1) is 19.6 Å². The average Bonchev–Trinajstić information content (AvgIpc) is 3.36. The molecule has 2 aromatic rings. The molecule has 30 heavy (non-hydrogen) atoms. The maximum atomic E-state index is 12.8. The van der Waals surface area contributed by atoms with E-state index in [-0.39, 0.29) is 17.4 Å². The van der Waals surface area contributed by atoms with E-state index in [1.54, 1.807) is 18.2 Å². The van der Waals surface area contributed by atoms with Crippen molar-refractivity contribution in [1.82, 2.24) is 10.3 Å². The molecule has 0 atom stereocenters. The number of nitrogens with zero attached hydrogens (tertiary/aromatic N) is 2. The largest absolute Gasteiger partial charge is 0.493 e. The standard InChI is InChI=1S/C21H21N3O6/c1-28-17-12-14(7-8-15(17)30-18(25)16-6-5-11-29-16)13-22-24-19(26)21(23-20(24)27)9-3-2-4-10-21/h5-8,11-13H,2-4,9-10H2,1H3,(H,23,27)/b22-13-. The Bertz CT molecular complexity index is 992. The van der Waals surface area contributed by atoms with E-state index in [0.29, 0.717) is 24.2 Å². The van der Waals surface area contributed by atoms with Gasteiger partial charge in [0.2, 0.25) is 5.76 Å². The summed E-state index contributed by atoms with van der Waals surface area (Å²) in [6.07, 6.45) is 6.89. The van der Waals surface area contributed by atoms with Gasteiger partial charge in [-0.25, -0.2) is 9.59 Å². The molecular formula is C21H21N3O6. The fourth-order valence-corrected chi connectivity index (χ4v) is 3.72. The van der Waals surface area contributed by atoms with Crippen LogP contribution in [0.4, 0.5) is 4.79 Å². The molecule has 9 nitrogen and oxygen atoms in total. The number of carbonyl (C=O) groups excluding carboxylic acids is 3. The zero-order valence-electron chi connectivity index (χ0n) is 16.4. The van der Waals surface area contributed by atoms with E-state index in [0.717, 1.165) is 24.3 Å². The lowest BCUT2D eigenvalue weighted by molar-refractivity contribution is -0.132. The number of hydrogen-bond donors (Lipinski definition) is 1. The van der Waals surface area contributed by atoms with Crippen molar-refractivity contribution in [2.45, 2.75) is 37.6 Å². The number of hydrogen-bond acceptors (Lipinski definition) is 7. The predicted molar refractivity (Wildman–Crippen MR) is 105 cm³/mol. The zero-order chi connectivity index (χ0) is 21.1. The van der Waals surface area contributed by atoms with Gasteiger partial charge in [-0.05, 0) is 48.7 Å². The molecule has 3 amide bonds. The second kappa shape index (κ2) is 8.02. The molecule has 0 bridgehead atoms. The Kier molecular flexibility index (Phi) is 5.26. The predicted octanol–water partition coefficient (Wildman–Crippen LogP) is 3.10. The number of furan rings is 1. The van der Waals surface area contributed by atoms with Crippen molar-refractivity contribution < 1.29 is 28.3 Å². The van der Waals surface area contributed by atoms with E-state index in [4.69, 9.17) is 13.9 Å². The number of nitrogens with one attached hydrogen (secondary N) is 1. The van der Waals surface area contributed by atoms with E-state index in [9.17, 15) is 14.4 Å². The van der Waals surface area contributed by atoms with Crippen LogP contribution < -0.4 is 14.8 Å². The van der Waals surface area contributed by atoms with Crippen LogP contribution in [0.2, 0.25) is 0 Å². The van der Waals surface area contributed by atoms with E-state index in [2.05, 4.69) is 10.4 Å². The molecular weight excluding hydrogens is 390 g/mol. The van der Waals surface area contributed by atoms with Crippen LogP contribution in [0, 0.1) is 0 Å². The fraction of sp³-hybridized carbons (Fsp3) is 0.333. The second-order valence-corrected chi connectivity index (χ2v) is 7.21. The molecule has 1 saturated heterocycles. The lowest BCUT2D eigenvalue weighted by Crippen LogP contribution is -2.48. The Labute approximate surface area is 172 Å². The Morgan fingerprint density at radius 2 is 2.00 bits per heavy atom. The Hall–Kier alpha value is -3.62. The monoisotopic (exact) mass is 411 g/mol. The van der Waals surface area contributed by atoms with Gasteiger partial charge in [-0.2, -0.15) is 5.10 Å². The van der Waals surface area contributed by atoms with Crippen molar-refractivity contribution in [2.24, 2.45) is 5.10 Å². The summed E-state index contributed by atoms with van der Waals surface area (Å²) in [6, 6.07) is 7.31. The summed E-state index contributed by atoms with van der Waals surface area (Å²) in [4.78, 5) is 37.1. The van der Waals surface area contributed by atoms with Gasteiger partial charge in [0.1, 0.15) is 5.54 Å². The molecule has 1 spiro atoms. The van der Waals surface area contributed by atoms with Crippen molar-refractivity contribution in [1.29, 1.82) is 0 Å². The summed E-state index contributed by atoms with van der Waals surface area (Å²) >= 11 is 0. The molecule has 2 heterocycles. The van der Waals surface area contributed by atoms with Crippen molar-refractivity contribution in [3.8, 4) is 11.5 Å². The first kappa shape index (κ1) is 19.7. The second-order valence-electron chi connectivity index (χ2n) is 7.21. The SMILES string of the molecule is COc1cc(/C=N\N2C(=O)NC3(CCCCC3)C2=O)ccc1OC(=O)c1ccco1. The van der Waals surface area contributed by atoms with Gasteiger partial charge in [0, 0.05) is 0 Å². The molecule has 4 rings (SSSR count). The van der Waals surface area contributed by atoms with Crippen LogP contribution >= 0.6 is 0 Å². The van der Waals surface area contributed by atoms with Crippen molar-refractivity contribution >= 4 is 24.1 Å². The maximum absolute atomic E-state index is 12.8. The van der Waals surface area contributed by atoms with Crippen molar-refractivity contribution in [3.05, 3.63) is 47.9 Å². The van der Waals surface area contributed by atoms with Gasteiger partial charge in [0.25, 0.3) is 5.91 Å². The van der Waals surface area contributed by atoms with Crippen LogP contribution in [-0.2, 0) is 4.79 Å². The third-order valence-corrected chi connectivity index (χ3v) is 5.28. The lowest BCUT2D eigenvalue weighted by atomic mass is 9.82. The summed E-state index contributed by atoms with van der Waals surface area (Å²) in [7, 11) is 1.44. The number of amides is 3. The van der Waals surface area contributed by atoms with Gasteiger partial charge in [-0.1, -0.05) is 19.3 Å². The summed E-state index contributed by atoms with van der Waals surface area (Å²) in [5.41, 5.74) is -0.260. The normalized spacial score (nSPS) is 18.1. The lowest BCUT2D eigenvalue weighted by Gasteiger charge is -2.29.